The maximum atomic E-state index is 12.5. The number of allylic oxidation sites excluding steroid dienone is 2. The van der Waals surface area contributed by atoms with E-state index in [0.717, 1.165) is 11.0 Å². The number of fused-ring (bicyclic) bond motifs is 1. The average molecular weight is 308 g/mol. The molecule has 5 nitrogen and oxygen atoms in total. The van der Waals surface area contributed by atoms with E-state index in [1.807, 2.05) is 36.4 Å². The molecule has 1 N–H and O–H groups in total. The van der Waals surface area contributed by atoms with Gasteiger partial charge in [0, 0.05) is 32.4 Å². The Hall–Kier alpha value is -2.01. The molecule has 0 saturated carbocycles. The highest BCUT2D eigenvalue weighted by Gasteiger charge is 2.11. The van der Waals surface area contributed by atoms with Crippen LogP contribution in [0.1, 0.15) is 6.92 Å². The second kappa shape index (κ2) is 7.13. The number of hydrogen-bond donors (Lipinski definition) is 1. The first-order chi connectivity index (χ1) is 10.1. The second-order valence-corrected chi connectivity index (χ2v) is 4.95. The van der Waals surface area contributed by atoms with Crippen LogP contribution in [0.3, 0.4) is 0 Å². The second-order valence-electron chi connectivity index (χ2n) is 4.64. The van der Waals surface area contributed by atoms with E-state index in [4.69, 9.17) is 11.6 Å². The average Bonchev–Trinajstić information content (AvgIpc) is 2.73. The lowest BCUT2D eigenvalue weighted by molar-refractivity contribution is -0.118. The van der Waals surface area contributed by atoms with Gasteiger partial charge in [-0.15, -0.1) is 11.6 Å². The van der Waals surface area contributed by atoms with E-state index in [-0.39, 0.29) is 11.6 Å². The van der Waals surface area contributed by atoms with Crippen molar-refractivity contribution in [1.82, 2.24) is 14.5 Å². The number of alkyl halides is 1. The number of carbonyl (C=O) groups excluding carboxylic acids is 1. The fourth-order valence-corrected chi connectivity index (χ4v) is 2.38. The smallest absolute Gasteiger partial charge is 0.329 e. The highest BCUT2D eigenvalue weighted by molar-refractivity contribution is 6.18. The summed E-state index contributed by atoms with van der Waals surface area (Å²) in [6, 6.07) is 7.63. The molecule has 0 unspecified atom stereocenters. The van der Waals surface area contributed by atoms with E-state index in [1.165, 1.54) is 6.92 Å². The van der Waals surface area contributed by atoms with Gasteiger partial charge in [-0.25, -0.2) is 4.79 Å². The molecule has 0 spiro atoms. The Labute approximate surface area is 127 Å². The summed E-state index contributed by atoms with van der Waals surface area (Å²) >= 11 is 5.61. The van der Waals surface area contributed by atoms with Gasteiger partial charge in [0.15, 0.2) is 0 Å². The Balaban J connectivity index is 2.36. The van der Waals surface area contributed by atoms with Crippen LogP contribution < -0.4 is 11.0 Å². The van der Waals surface area contributed by atoms with Crippen molar-refractivity contribution in [2.24, 2.45) is 0 Å². The SMILES string of the molecule is CC(=O)NCCn1c(=O)n(C/C=C/CCl)c2ccccc21. The third-order valence-electron chi connectivity index (χ3n) is 3.18. The fraction of sp³-hybridized carbons (Fsp3) is 0.333. The molecule has 21 heavy (non-hydrogen) atoms. The van der Waals surface area contributed by atoms with Gasteiger partial charge in [0.05, 0.1) is 11.0 Å². The lowest BCUT2D eigenvalue weighted by Crippen LogP contribution is -2.30. The van der Waals surface area contributed by atoms with Gasteiger partial charge in [-0.1, -0.05) is 24.3 Å². The molecule has 0 fully saturated rings. The minimum atomic E-state index is -0.100. The van der Waals surface area contributed by atoms with Crippen molar-refractivity contribution >= 4 is 28.5 Å². The van der Waals surface area contributed by atoms with Crippen LogP contribution in [0.5, 0.6) is 0 Å². The van der Waals surface area contributed by atoms with Crippen LogP contribution in [0.2, 0.25) is 0 Å². The highest BCUT2D eigenvalue weighted by atomic mass is 35.5. The number of para-hydroxylation sites is 2. The molecule has 0 atom stereocenters. The molecule has 1 amide bonds. The van der Waals surface area contributed by atoms with E-state index < -0.39 is 0 Å². The Kier molecular flexibility index (Phi) is 5.22. The standard InChI is InChI=1S/C15H18ClN3O2/c1-12(20)17-9-11-19-14-7-3-2-6-13(14)18(15(19)21)10-5-4-8-16/h2-7H,8-11H2,1H3,(H,17,20)/b5-4+. The Bertz CT molecular complexity index is 715. The van der Waals surface area contributed by atoms with E-state index in [9.17, 15) is 9.59 Å². The van der Waals surface area contributed by atoms with Crippen LogP contribution in [-0.4, -0.2) is 27.5 Å². The fourth-order valence-electron chi connectivity index (χ4n) is 2.25. The number of nitrogens with one attached hydrogen (secondary N) is 1. The third kappa shape index (κ3) is 3.55. The highest BCUT2D eigenvalue weighted by Crippen LogP contribution is 2.12. The van der Waals surface area contributed by atoms with Gasteiger partial charge in [0.25, 0.3) is 0 Å². The third-order valence-corrected chi connectivity index (χ3v) is 3.36. The van der Waals surface area contributed by atoms with Crippen molar-refractivity contribution in [3.05, 3.63) is 46.9 Å². The summed E-state index contributed by atoms with van der Waals surface area (Å²) in [6.07, 6.45) is 3.69. The monoisotopic (exact) mass is 307 g/mol. The molecule has 0 aliphatic rings. The number of imidazole rings is 1. The molecule has 112 valence electrons. The molecule has 0 radical (unpaired) electrons. The van der Waals surface area contributed by atoms with Gasteiger partial charge < -0.3 is 5.32 Å². The number of halogens is 1. The van der Waals surface area contributed by atoms with Crippen molar-refractivity contribution in [2.75, 3.05) is 12.4 Å². The molecule has 0 bridgehead atoms. The number of benzene rings is 1. The van der Waals surface area contributed by atoms with Gasteiger partial charge >= 0.3 is 5.69 Å². The first-order valence-corrected chi connectivity index (χ1v) is 7.32. The van der Waals surface area contributed by atoms with Crippen molar-refractivity contribution in [2.45, 2.75) is 20.0 Å². The van der Waals surface area contributed by atoms with Gasteiger partial charge in [-0.2, -0.15) is 0 Å². The zero-order valence-corrected chi connectivity index (χ0v) is 12.6. The minimum absolute atomic E-state index is 0.0826. The predicted octanol–water partition coefficient (Wildman–Crippen LogP) is 1.73. The topological polar surface area (TPSA) is 56.0 Å². The molecular formula is C15H18ClN3O2. The molecule has 1 aromatic heterocycles. The molecule has 0 saturated heterocycles. The van der Waals surface area contributed by atoms with Crippen LogP contribution in [0.15, 0.2) is 41.2 Å². The van der Waals surface area contributed by atoms with Crippen LogP contribution in [0, 0.1) is 0 Å². The van der Waals surface area contributed by atoms with E-state index in [1.54, 1.807) is 9.13 Å². The van der Waals surface area contributed by atoms with Crippen LogP contribution in [0.4, 0.5) is 0 Å². The Morgan fingerprint density at radius 3 is 2.52 bits per heavy atom. The number of aromatic nitrogens is 2. The Morgan fingerprint density at radius 1 is 1.24 bits per heavy atom. The van der Waals surface area contributed by atoms with Crippen molar-refractivity contribution in [1.29, 1.82) is 0 Å². The first-order valence-electron chi connectivity index (χ1n) is 6.78. The normalized spacial score (nSPS) is 11.3. The zero-order chi connectivity index (χ0) is 15.2. The maximum absolute atomic E-state index is 12.5. The van der Waals surface area contributed by atoms with Crippen molar-refractivity contribution in [3.8, 4) is 0 Å². The number of carbonyl (C=O) groups is 1. The van der Waals surface area contributed by atoms with E-state index in [0.29, 0.717) is 25.5 Å². The maximum Gasteiger partial charge on any atom is 0.329 e. The predicted molar refractivity (Wildman–Crippen MR) is 84.7 cm³/mol. The molecular weight excluding hydrogens is 290 g/mol. The summed E-state index contributed by atoms with van der Waals surface area (Å²) in [5.74, 6) is 0.326. The minimum Gasteiger partial charge on any atom is -0.355 e. The summed E-state index contributed by atoms with van der Waals surface area (Å²) in [5, 5.41) is 2.71. The number of hydrogen-bond acceptors (Lipinski definition) is 2. The number of rotatable bonds is 6. The van der Waals surface area contributed by atoms with Crippen molar-refractivity contribution in [3.63, 3.8) is 0 Å². The Morgan fingerprint density at radius 2 is 1.90 bits per heavy atom. The summed E-state index contributed by atoms with van der Waals surface area (Å²) < 4.78 is 3.38. The molecule has 1 aromatic carbocycles. The van der Waals surface area contributed by atoms with E-state index in [2.05, 4.69) is 5.32 Å². The van der Waals surface area contributed by atoms with Gasteiger partial charge in [0.1, 0.15) is 0 Å². The summed E-state index contributed by atoms with van der Waals surface area (Å²) in [5.41, 5.74) is 1.66. The largest absolute Gasteiger partial charge is 0.355 e. The lowest BCUT2D eigenvalue weighted by Gasteiger charge is -2.03. The molecule has 2 aromatic rings. The molecule has 1 heterocycles. The number of amides is 1. The van der Waals surface area contributed by atoms with Crippen LogP contribution >= 0.6 is 11.6 Å². The van der Waals surface area contributed by atoms with Crippen LogP contribution in [-0.2, 0) is 17.9 Å². The van der Waals surface area contributed by atoms with Crippen LogP contribution in [0.25, 0.3) is 11.0 Å². The summed E-state index contributed by atoms with van der Waals surface area (Å²) in [4.78, 5) is 23.4. The summed E-state index contributed by atoms with van der Waals surface area (Å²) in [7, 11) is 0. The van der Waals surface area contributed by atoms with Gasteiger partial charge in [-0.05, 0) is 12.1 Å². The summed E-state index contributed by atoms with van der Waals surface area (Å²) in [6.45, 7) is 2.83. The zero-order valence-electron chi connectivity index (χ0n) is 11.9. The lowest BCUT2D eigenvalue weighted by atomic mass is 10.3. The first kappa shape index (κ1) is 15.4. The van der Waals surface area contributed by atoms with Gasteiger partial charge in [0.2, 0.25) is 5.91 Å². The molecule has 0 aliphatic carbocycles. The molecule has 6 heteroatoms. The van der Waals surface area contributed by atoms with Crippen molar-refractivity contribution < 1.29 is 4.79 Å². The van der Waals surface area contributed by atoms with E-state index >= 15 is 0 Å². The molecule has 2 rings (SSSR count). The molecule has 0 aliphatic heterocycles. The quantitative estimate of drug-likeness (QED) is 0.653. The van der Waals surface area contributed by atoms with Gasteiger partial charge in [-0.3, -0.25) is 13.9 Å². The number of nitrogens with zero attached hydrogens (tertiary/aromatic N) is 2.